The minimum Gasteiger partial charge on any atom is -0.481 e. The summed E-state index contributed by atoms with van der Waals surface area (Å²) < 4.78 is 5.24. The molecule has 1 aromatic rings. The van der Waals surface area contributed by atoms with Crippen molar-refractivity contribution in [3.8, 4) is 5.88 Å². The van der Waals surface area contributed by atoms with Crippen LogP contribution in [0.4, 0.5) is 5.82 Å². The number of ether oxygens (including phenoxy) is 1. The highest BCUT2D eigenvalue weighted by molar-refractivity contribution is 5.78. The third-order valence-corrected chi connectivity index (χ3v) is 5.87. The van der Waals surface area contributed by atoms with E-state index in [-0.39, 0.29) is 0 Å². The molecule has 0 unspecified atom stereocenters. The molecule has 4 rings (SSSR count). The van der Waals surface area contributed by atoms with Crippen molar-refractivity contribution in [3.63, 3.8) is 0 Å². The van der Waals surface area contributed by atoms with E-state index in [4.69, 9.17) is 4.74 Å². The van der Waals surface area contributed by atoms with Gasteiger partial charge in [0.2, 0.25) is 11.8 Å². The molecule has 0 aromatic carbocycles. The maximum atomic E-state index is 12.5. The van der Waals surface area contributed by atoms with E-state index in [1.165, 1.54) is 25.9 Å². The Morgan fingerprint density at radius 1 is 1.12 bits per heavy atom. The SMILES string of the molecule is COc1cc(N2CC[C@@H]3[C@H]2CCC(=O)N3CCN2CCCC2)ncn1. The highest BCUT2D eigenvalue weighted by Crippen LogP contribution is 2.34. The van der Waals surface area contributed by atoms with Gasteiger partial charge in [-0.2, -0.15) is 0 Å². The number of carbonyl (C=O) groups excluding carboxylic acids is 1. The molecule has 7 heteroatoms. The zero-order valence-electron chi connectivity index (χ0n) is 14.9. The van der Waals surface area contributed by atoms with Crippen molar-refractivity contribution in [2.75, 3.05) is 44.7 Å². The molecule has 0 radical (unpaired) electrons. The summed E-state index contributed by atoms with van der Waals surface area (Å²) in [5, 5.41) is 0. The van der Waals surface area contributed by atoms with Crippen molar-refractivity contribution in [1.82, 2.24) is 19.8 Å². The van der Waals surface area contributed by atoms with Gasteiger partial charge in [0, 0.05) is 32.1 Å². The first-order chi connectivity index (χ1) is 12.3. The first-order valence-corrected chi connectivity index (χ1v) is 9.41. The van der Waals surface area contributed by atoms with E-state index in [0.29, 0.717) is 30.3 Å². The molecule has 3 fully saturated rings. The van der Waals surface area contributed by atoms with Crippen LogP contribution in [0.3, 0.4) is 0 Å². The van der Waals surface area contributed by atoms with Gasteiger partial charge >= 0.3 is 0 Å². The van der Waals surface area contributed by atoms with Gasteiger partial charge in [0.25, 0.3) is 0 Å². The van der Waals surface area contributed by atoms with Gasteiger partial charge in [-0.25, -0.2) is 9.97 Å². The molecule has 1 aromatic heterocycles. The average Bonchev–Trinajstić information content (AvgIpc) is 3.30. The summed E-state index contributed by atoms with van der Waals surface area (Å²) in [6, 6.07) is 2.56. The largest absolute Gasteiger partial charge is 0.481 e. The molecule has 3 aliphatic rings. The molecule has 4 heterocycles. The van der Waals surface area contributed by atoms with Crippen LogP contribution in [0.2, 0.25) is 0 Å². The second-order valence-corrected chi connectivity index (χ2v) is 7.21. The molecule has 0 N–H and O–H groups in total. The molecule has 0 bridgehead atoms. The van der Waals surface area contributed by atoms with Gasteiger partial charge in [-0.1, -0.05) is 0 Å². The first-order valence-electron chi connectivity index (χ1n) is 9.41. The van der Waals surface area contributed by atoms with Crippen LogP contribution in [0.5, 0.6) is 5.88 Å². The zero-order chi connectivity index (χ0) is 17.2. The lowest BCUT2D eigenvalue weighted by Gasteiger charge is -2.40. The summed E-state index contributed by atoms with van der Waals surface area (Å²) in [5.74, 6) is 1.82. The van der Waals surface area contributed by atoms with Crippen molar-refractivity contribution in [3.05, 3.63) is 12.4 Å². The fourth-order valence-corrected chi connectivity index (χ4v) is 4.58. The second kappa shape index (κ2) is 7.15. The van der Waals surface area contributed by atoms with Crippen LogP contribution in [0.15, 0.2) is 12.4 Å². The standard InChI is InChI=1S/C18H27N5O2/c1-25-17-12-16(19-13-20-17)22-9-6-15-14(22)4-5-18(24)23(15)11-10-21-7-2-3-8-21/h12-15H,2-11H2,1H3/t14-,15-/m1/s1. The van der Waals surface area contributed by atoms with E-state index < -0.39 is 0 Å². The lowest BCUT2D eigenvalue weighted by Crippen LogP contribution is -2.54. The molecule has 3 saturated heterocycles. The fraction of sp³-hybridized carbons (Fsp3) is 0.722. The number of hydrogen-bond acceptors (Lipinski definition) is 6. The Morgan fingerprint density at radius 3 is 2.76 bits per heavy atom. The number of rotatable bonds is 5. The Morgan fingerprint density at radius 2 is 1.96 bits per heavy atom. The first kappa shape index (κ1) is 16.6. The number of amides is 1. The van der Waals surface area contributed by atoms with Crippen LogP contribution in [0, 0.1) is 0 Å². The topological polar surface area (TPSA) is 61.8 Å². The van der Waals surface area contributed by atoms with Gasteiger partial charge in [0.1, 0.15) is 12.1 Å². The summed E-state index contributed by atoms with van der Waals surface area (Å²) in [6.07, 6.45) is 6.71. The quantitative estimate of drug-likeness (QED) is 0.798. The third-order valence-electron chi connectivity index (χ3n) is 5.87. The number of fused-ring (bicyclic) bond motifs is 1. The summed E-state index contributed by atoms with van der Waals surface area (Å²) in [6.45, 7) is 5.17. The number of nitrogens with zero attached hydrogens (tertiary/aromatic N) is 5. The number of carbonyl (C=O) groups is 1. The molecule has 136 valence electrons. The van der Waals surface area contributed by atoms with Gasteiger partial charge in [-0.3, -0.25) is 4.79 Å². The molecule has 1 amide bonds. The Bertz CT molecular complexity index is 619. The number of likely N-dealkylation sites (tertiary alicyclic amines) is 2. The van der Waals surface area contributed by atoms with Crippen molar-refractivity contribution in [2.45, 2.75) is 44.2 Å². The predicted molar refractivity (Wildman–Crippen MR) is 94.7 cm³/mol. The minimum atomic E-state index is 0.310. The summed E-state index contributed by atoms with van der Waals surface area (Å²) >= 11 is 0. The van der Waals surface area contributed by atoms with Gasteiger partial charge in [-0.15, -0.1) is 0 Å². The minimum absolute atomic E-state index is 0.310. The smallest absolute Gasteiger partial charge is 0.223 e. The van der Waals surface area contributed by atoms with E-state index in [9.17, 15) is 4.79 Å². The number of anilines is 1. The molecular weight excluding hydrogens is 318 g/mol. The van der Waals surface area contributed by atoms with Gasteiger partial charge in [0.05, 0.1) is 19.2 Å². The van der Waals surface area contributed by atoms with Crippen LogP contribution in [0.25, 0.3) is 0 Å². The summed E-state index contributed by atoms with van der Waals surface area (Å²) in [5.41, 5.74) is 0. The molecule has 7 nitrogen and oxygen atoms in total. The average molecular weight is 345 g/mol. The van der Waals surface area contributed by atoms with Gasteiger partial charge in [0.15, 0.2) is 0 Å². The molecule has 0 aliphatic carbocycles. The van der Waals surface area contributed by atoms with Crippen LogP contribution in [0.1, 0.15) is 32.1 Å². The highest BCUT2D eigenvalue weighted by atomic mass is 16.5. The number of methoxy groups -OCH3 is 1. The van der Waals surface area contributed by atoms with E-state index in [1.807, 2.05) is 6.07 Å². The van der Waals surface area contributed by atoms with Crippen molar-refractivity contribution in [2.24, 2.45) is 0 Å². The maximum Gasteiger partial charge on any atom is 0.223 e. The molecule has 25 heavy (non-hydrogen) atoms. The molecule has 2 atom stereocenters. The van der Waals surface area contributed by atoms with Crippen molar-refractivity contribution < 1.29 is 9.53 Å². The predicted octanol–water partition coefficient (Wildman–Crippen LogP) is 1.15. The maximum absolute atomic E-state index is 12.5. The zero-order valence-corrected chi connectivity index (χ0v) is 14.9. The van der Waals surface area contributed by atoms with Gasteiger partial charge in [-0.05, 0) is 38.8 Å². The highest BCUT2D eigenvalue weighted by Gasteiger charge is 2.43. The van der Waals surface area contributed by atoms with E-state index in [1.54, 1.807) is 13.4 Å². The monoisotopic (exact) mass is 345 g/mol. The Kier molecular flexibility index (Phi) is 4.74. The van der Waals surface area contributed by atoms with Crippen LogP contribution in [-0.4, -0.2) is 77.6 Å². The number of piperidine rings is 1. The summed E-state index contributed by atoms with van der Waals surface area (Å²) in [7, 11) is 1.62. The van der Waals surface area contributed by atoms with E-state index in [0.717, 1.165) is 38.3 Å². The Hall–Kier alpha value is -1.89. The van der Waals surface area contributed by atoms with Crippen LogP contribution in [-0.2, 0) is 4.79 Å². The molecular formula is C18H27N5O2. The lowest BCUT2D eigenvalue weighted by molar-refractivity contribution is -0.136. The normalized spacial score (nSPS) is 27.0. The van der Waals surface area contributed by atoms with Crippen molar-refractivity contribution >= 4 is 11.7 Å². The second-order valence-electron chi connectivity index (χ2n) is 7.21. The third kappa shape index (κ3) is 3.29. The number of aromatic nitrogens is 2. The Balaban J connectivity index is 1.46. The van der Waals surface area contributed by atoms with E-state index >= 15 is 0 Å². The number of hydrogen-bond donors (Lipinski definition) is 0. The van der Waals surface area contributed by atoms with Gasteiger partial charge < -0.3 is 19.4 Å². The lowest BCUT2D eigenvalue weighted by atomic mass is 9.96. The van der Waals surface area contributed by atoms with Crippen LogP contribution < -0.4 is 9.64 Å². The molecule has 0 saturated carbocycles. The molecule has 3 aliphatic heterocycles. The molecule has 0 spiro atoms. The van der Waals surface area contributed by atoms with E-state index in [2.05, 4.69) is 24.7 Å². The van der Waals surface area contributed by atoms with Crippen molar-refractivity contribution in [1.29, 1.82) is 0 Å². The summed E-state index contributed by atoms with van der Waals surface area (Å²) in [4.78, 5) is 28.0. The Labute approximate surface area is 149 Å². The fourth-order valence-electron chi connectivity index (χ4n) is 4.58. The van der Waals surface area contributed by atoms with Crippen LogP contribution >= 0.6 is 0 Å².